The van der Waals surface area contributed by atoms with Crippen molar-refractivity contribution in [3.05, 3.63) is 79.8 Å². The van der Waals surface area contributed by atoms with Crippen LogP contribution in [0.15, 0.2) is 41.2 Å². The van der Waals surface area contributed by atoms with E-state index in [-0.39, 0.29) is 23.8 Å². The molecule has 2 heterocycles. The summed E-state index contributed by atoms with van der Waals surface area (Å²) in [5, 5.41) is 3.31. The van der Waals surface area contributed by atoms with E-state index in [0.717, 1.165) is 21.7 Å². The number of hydrogen-bond donors (Lipinski definition) is 2. The first kappa shape index (κ1) is 21.4. The number of aromatic nitrogens is 1. The molecule has 0 bridgehead atoms. The van der Waals surface area contributed by atoms with Gasteiger partial charge in [0.05, 0.1) is 0 Å². The van der Waals surface area contributed by atoms with Crippen LogP contribution in [-0.2, 0) is 19.5 Å². The van der Waals surface area contributed by atoms with Crippen LogP contribution in [0.3, 0.4) is 0 Å². The first-order valence-corrected chi connectivity index (χ1v) is 9.57. The fourth-order valence-corrected chi connectivity index (χ4v) is 4.02. The standard InChI is InChI=1S/C21H23FN2OS.ClH/c1-4-15-10-18(14(3)24-21(15)25)19-9-8-17(26-19)12-23-11-16-7-5-6-13(2)20(16)22;/h5-10,23H,4,11-12H2,1-3H3,(H,24,25);1H. The Labute approximate surface area is 169 Å². The van der Waals surface area contributed by atoms with Crippen LogP contribution in [0.5, 0.6) is 0 Å². The number of pyridine rings is 1. The van der Waals surface area contributed by atoms with Gasteiger partial charge in [0.2, 0.25) is 0 Å². The molecule has 0 atom stereocenters. The molecule has 27 heavy (non-hydrogen) atoms. The number of H-pyrrole nitrogens is 1. The molecule has 0 amide bonds. The highest BCUT2D eigenvalue weighted by molar-refractivity contribution is 7.15. The number of nitrogens with one attached hydrogen (secondary N) is 2. The van der Waals surface area contributed by atoms with Crippen molar-refractivity contribution in [3.63, 3.8) is 0 Å². The molecule has 0 spiro atoms. The van der Waals surface area contributed by atoms with Crippen LogP contribution in [0, 0.1) is 19.7 Å². The van der Waals surface area contributed by atoms with E-state index < -0.39 is 0 Å². The molecule has 0 fully saturated rings. The zero-order chi connectivity index (χ0) is 18.7. The highest BCUT2D eigenvalue weighted by atomic mass is 35.5. The minimum absolute atomic E-state index is 0. The van der Waals surface area contributed by atoms with E-state index in [4.69, 9.17) is 0 Å². The Morgan fingerprint density at radius 3 is 2.63 bits per heavy atom. The minimum atomic E-state index is -0.136. The Hall–Kier alpha value is -1.95. The topological polar surface area (TPSA) is 44.9 Å². The van der Waals surface area contributed by atoms with Crippen LogP contribution < -0.4 is 10.9 Å². The third-order valence-corrected chi connectivity index (χ3v) is 5.63. The van der Waals surface area contributed by atoms with Gasteiger partial charge in [-0.3, -0.25) is 4.79 Å². The van der Waals surface area contributed by atoms with Crippen molar-refractivity contribution in [3.8, 4) is 10.4 Å². The van der Waals surface area contributed by atoms with Gasteiger partial charge in [-0.15, -0.1) is 23.7 Å². The fraction of sp³-hybridized carbons (Fsp3) is 0.286. The van der Waals surface area contributed by atoms with Crippen LogP contribution in [0.4, 0.5) is 4.39 Å². The van der Waals surface area contributed by atoms with Gasteiger partial charge in [0.1, 0.15) is 5.82 Å². The fourth-order valence-electron chi connectivity index (χ4n) is 2.97. The van der Waals surface area contributed by atoms with Gasteiger partial charge in [-0.25, -0.2) is 4.39 Å². The summed E-state index contributed by atoms with van der Waals surface area (Å²) >= 11 is 1.69. The highest BCUT2D eigenvalue weighted by Crippen LogP contribution is 2.30. The van der Waals surface area contributed by atoms with Crippen LogP contribution >= 0.6 is 23.7 Å². The lowest BCUT2D eigenvalue weighted by Crippen LogP contribution is -2.13. The maximum Gasteiger partial charge on any atom is 0.251 e. The Balaban J connectivity index is 0.00000261. The van der Waals surface area contributed by atoms with Crippen molar-refractivity contribution in [1.29, 1.82) is 0 Å². The summed E-state index contributed by atoms with van der Waals surface area (Å²) in [6.07, 6.45) is 0.713. The molecule has 0 radical (unpaired) electrons. The van der Waals surface area contributed by atoms with Gasteiger partial charge in [0, 0.05) is 45.2 Å². The van der Waals surface area contributed by atoms with Crippen LogP contribution in [0.2, 0.25) is 0 Å². The lowest BCUT2D eigenvalue weighted by Gasteiger charge is -2.07. The number of halogens is 2. The van der Waals surface area contributed by atoms with E-state index in [1.165, 1.54) is 4.88 Å². The quantitative estimate of drug-likeness (QED) is 0.595. The number of benzene rings is 1. The highest BCUT2D eigenvalue weighted by Gasteiger charge is 2.10. The van der Waals surface area contributed by atoms with Gasteiger partial charge >= 0.3 is 0 Å². The van der Waals surface area contributed by atoms with E-state index >= 15 is 0 Å². The molecule has 0 aliphatic rings. The first-order chi connectivity index (χ1) is 12.5. The third kappa shape index (κ3) is 4.86. The SMILES string of the molecule is CCc1cc(-c2ccc(CNCc3cccc(C)c3F)s2)c(C)[nH]c1=O.Cl. The van der Waals surface area contributed by atoms with Gasteiger partial charge in [0.15, 0.2) is 0 Å². The smallest absolute Gasteiger partial charge is 0.251 e. The van der Waals surface area contributed by atoms with Crippen LogP contribution in [-0.4, -0.2) is 4.98 Å². The molecule has 0 saturated carbocycles. The lowest BCUT2D eigenvalue weighted by molar-refractivity contribution is 0.581. The second kappa shape index (κ2) is 9.31. The van der Waals surface area contributed by atoms with Crippen LogP contribution in [0.25, 0.3) is 10.4 Å². The molecule has 3 rings (SSSR count). The minimum Gasteiger partial charge on any atom is -0.326 e. The summed E-state index contributed by atoms with van der Waals surface area (Å²) in [5.41, 5.74) is 4.10. The van der Waals surface area contributed by atoms with Gasteiger partial charge in [-0.2, -0.15) is 0 Å². The van der Waals surface area contributed by atoms with E-state index in [1.807, 2.05) is 32.0 Å². The molecule has 0 saturated heterocycles. The van der Waals surface area contributed by atoms with Crippen molar-refractivity contribution < 1.29 is 4.39 Å². The van der Waals surface area contributed by atoms with E-state index in [2.05, 4.69) is 22.4 Å². The monoisotopic (exact) mass is 406 g/mol. The van der Waals surface area contributed by atoms with Crippen molar-refractivity contribution >= 4 is 23.7 Å². The predicted molar refractivity (Wildman–Crippen MR) is 113 cm³/mol. The summed E-state index contributed by atoms with van der Waals surface area (Å²) in [6.45, 7) is 6.87. The van der Waals surface area contributed by atoms with Crippen LogP contribution in [0.1, 0.15) is 34.2 Å². The molecular formula is C21H24ClFN2OS. The maximum absolute atomic E-state index is 14.0. The average molecular weight is 407 g/mol. The van der Waals surface area contributed by atoms with Gasteiger partial charge in [0.25, 0.3) is 5.56 Å². The molecule has 2 aromatic heterocycles. The van der Waals surface area contributed by atoms with Crippen molar-refractivity contribution in [1.82, 2.24) is 10.3 Å². The van der Waals surface area contributed by atoms with Crippen molar-refractivity contribution in [2.75, 3.05) is 0 Å². The summed E-state index contributed by atoms with van der Waals surface area (Å²) < 4.78 is 14.0. The normalized spacial score (nSPS) is 10.7. The Kier molecular flexibility index (Phi) is 7.36. The summed E-state index contributed by atoms with van der Waals surface area (Å²) in [5.74, 6) is -0.136. The maximum atomic E-state index is 14.0. The largest absolute Gasteiger partial charge is 0.326 e. The Morgan fingerprint density at radius 1 is 1.11 bits per heavy atom. The van der Waals surface area contributed by atoms with Gasteiger partial charge in [-0.1, -0.05) is 25.1 Å². The van der Waals surface area contributed by atoms with E-state index in [1.54, 1.807) is 24.3 Å². The summed E-state index contributed by atoms with van der Waals surface area (Å²) in [4.78, 5) is 17.1. The number of hydrogen-bond acceptors (Lipinski definition) is 3. The zero-order valence-corrected chi connectivity index (χ0v) is 17.3. The van der Waals surface area contributed by atoms with E-state index in [9.17, 15) is 9.18 Å². The van der Waals surface area contributed by atoms with Gasteiger partial charge in [-0.05, 0) is 44.0 Å². The third-order valence-electron chi connectivity index (χ3n) is 4.51. The molecule has 6 heteroatoms. The Morgan fingerprint density at radius 2 is 1.89 bits per heavy atom. The molecular weight excluding hydrogens is 383 g/mol. The lowest BCUT2D eigenvalue weighted by atomic mass is 10.1. The molecule has 0 aliphatic carbocycles. The summed E-state index contributed by atoms with van der Waals surface area (Å²) in [7, 11) is 0. The van der Waals surface area contributed by atoms with Gasteiger partial charge < -0.3 is 10.3 Å². The predicted octanol–water partition coefficient (Wildman–Crippen LogP) is 5.13. The zero-order valence-electron chi connectivity index (χ0n) is 15.7. The molecule has 1 aromatic carbocycles. The second-order valence-corrected chi connectivity index (χ2v) is 7.60. The number of aryl methyl sites for hydroxylation is 3. The number of rotatable bonds is 6. The number of aromatic amines is 1. The first-order valence-electron chi connectivity index (χ1n) is 8.76. The second-order valence-electron chi connectivity index (χ2n) is 6.43. The summed E-state index contributed by atoms with van der Waals surface area (Å²) in [6, 6.07) is 11.6. The number of thiophene rings is 1. The molecule has 0 unspecified atom stereocenters. The average Bonchev–Trinajstić information content (AvgIpc) is 3.07. The molecule has 3 aromatic rings. The van der Waals surface area contributed by atoms with Crippen molar-refractivity contribution in [2.45, 2.75) is 40.3 Å². The molecule has 3 nitrogen and oxygen atoms in total. The molecule has 2 N–H and O–H groups in total. The van der Waals surface area contributed by atoms with E-state index in [0.29, 0.717) is 30.6 Å². The Bertz CT molecular complexity index is 981. The molecule has 0 aliphatic heterocycles. The molecule has 144 valence electrons. The van der Waals surface area contributed by atoms with Crippen molar-refractivity contribution in [2.24, 2.45) is 0 Å².